The van der Waals surface area contributed by atoms with Crippen molar-refractivity contribution in [2.24, 2.45) is 0 Å². The monoisotopic (exact) mass is 241 g/mol. The lowest BCUT2D eigenvalue weighted by atomic mass is 10.2. The third-order valence-corrected chi connectivity index (χ3v) is 2.86. The minimum Gasteiger partial charge on any atom is -0.503 e. The van der Waals surface area contributed by atoms with Gasteiger partial charge in [0.15, 0.2) is 5.76 Å². The Morgan fingerprint density at radius 1 is 1.65 bits per heavy atom. The van der Waals surface area contributed by atoms with Gasteiger partial charge in [-0.1, -0.05) is 0 Å². The number of nitrogens with zero attached hydrogens (tertiary/aromatic N) is 1. The van der Waals surface area contributed by atoms with Crippen LogP contribution in [0.15, 0.2) is 11.3 Å². The van der Waals surface area contributed by atoms with E-state index in [9.17, 15) is 14.7 Å². The van der Waals surface area contributed by atoms with E-state index in [4.69, 9.17) is 9.47 Å². The Morgan fingerprint density at radius 3 is 2.88 bits per heavy atom. The summed E-state index contributed by atoms with van der Waals surface area (Å²) in [4.78, 5) is 24.5. The first-order valence-electron chi connectivity index (χ1n) is 5.63. The van der Waals surface area contributed by atoms with Gasteiger partial charge in [-0.05, 0) is 13.3 Å². The lowest BCUT2D eigenvalue weighted by molar-refractivity contribution is -0.138. The summed E-state index contributed by atoms with van der Waals surface area (Å²) in [7, 11) is 0. The van der Waals surface area contributed by atoms with Gasteiger partial charge in [0.2, 0.25) is 0 Å². The maximum absolute atomic E-state index is 11.7. The standard InChI is InChI=1S/C11H15NO5/c1-2-16-11(15)8-6-12(10(14)9(8)13)5-7-3-4-17-7/h7,13H,2-6H2,1H3. The number of rotatable bonds is 4. The van der Waals surface area contributed by atoms with Crippen LogP contribution in [0.2, 0.25) is 0 Å². The highest BCUT2D eigenvalue weighted by atomic mass is 16.5. The maximum atomic E-state index is 11.7. The van der Waals surface area contributed by atoms with E-state index in [0.29, 0.717) is 13.2 Å². The molecular weight excluding hydrogens is 226 g/mol. The molecule has 1 fully saturated rings. The molecule has 0 radical (unpaired) electrons. The zero-order valence-corrected chi connectivity index (χ0v) is 9.64. The van der Waals surface area contributed by atoms with E-state index >= 15 is 0 Å². The zero-order chi connectivity index (χ0) is 12.4. The fraction of sp³-hybridized carbons (Fsp3) is 0.636. The van der Waals surface area contributed by atoms with Crippen molar-refractivity contribution in [1.82, 2.24) is 4.90 Å². The van der Waals surface area contributed by atoms with Crippen LogP contribution in [0.25, 0.3) is 0 Å². The van der Waals surface area contributed by atoms with Gasteiger partial charge in [-0.3, -0.25) is 4.79 Å². The Hall–Kier alpha value is -1.56. The first-order chi connectivity index (χ1) is 8.13. The van der Waals surface area contributed by atoms with E-state index < -0.39 is 17.6 Å². The summed E-state index contributed by atoms with van der Waals surface area (Å²) in [6, 6.07) is 0. The number of esters is 1. The van der Waals surface area contributed by atoms with Crippen LogP contribution in [0.5, 0.6) is 0 Å². The average Bonchev–Trinajstić information content (AvgIpc) is 2.51. The molecule has 0 aromatic carbocycles. The summed E-state index contributed by atoms with van der Waals surface area (Å²) in [6.45, 7) is 3.10. The minimum absolute atomic E-state index is 0.0216. The van der Waals surface area contributed by atoms with Crippen molar-refractivity contribution in [3.05, 3.63) is 11.3 Å². The summed E-state index contributed by atoms with van der Waals surface area (Å²) in [6.07, 6.45) is 0.924. The molecule has 2 heterocycles. The number of carbonyl (C=O) groups excluding carboxylic acids is 2. The summed E-state index contributed by atoms with van der Waals surface area (Å²) >= 11 is 0. The molecule has 2 aliphatic rings. The minimum atomic E-state index is -0.629. The average molecular weight is 241 g/mol. The van der Waals surface area contributed by atoms with Crippen LogP contribution in [-0.2, 0) is 19.1 Å². The molecule has 0 bridgehead atoms. The molecular formula is C11H15NO5. The normalized spacial score (nSPS) is 23.9. The van der Waals surface area contributed by atoms with Gasteiger partial charge in [-0.15, -0.1) is 0 Å². The predicted molar refractivity (Wildman–Crippen MR) is 57.2 cm³/mol. The smallest absolute Gasteiger partial charge is 0.339 e. The van der Waals surface area contributed by atoms with Gasteiger partial charge >= 0.3 is 5.97 Å². The molecule has 1 amide bonds. The molecule has 0 aliphatic carbocycles. The Morgan fingerprint density at radius 2 is 2.35 bits per heavy atom. The van der Waals surface area contributed by atoms with Crippen LogP contribution >= 0.6 is 0 Å². The molecule has 1 saturated heterocycles. The Bertz CT molecular complexity index is 372. The zero-order valence-electron chi connectivity index (χ0n) is 9.64. The Labute approximate surface area is 98.8 Å². The number of carbonyl (C=O) groups is 2. The van der Waals surface area contributed by atoms with Gasteiger partial charge in [0.1, 0.15) is 5.57 Å². The number of ether oxygens (including phenoxy) is 2. The van der Waals surface area contributed by atoms with Crippen LogP contribution in [0.3, 0.4) is 0 Å². The van der Waals surface area contributed by atoms with Gasteiger partial charge in [0.25, 0.3) is 5.91 Å². The predicted octanol–water partition coefficient (Wildman–Crippen LogP) is -0.00730. The van der Waals surface area contributed by atoms with Gasteiger partial charge in [0.05, 0.1) is 19.3 Å². The van der Waals surface area contributed by atoms with Crippen molar-refractivity contribution in [1.29, 1.82) is 0 Å². The topological polar surface area (TPSA) is 76.1 Å². The lowest BCUT2D eigenvalue weighted by Crippen LogP contribution is -2.41. The van der Waals surface area contributed by atoms with E-state index in [1.54, 1.807) is 6.92 Å². The molecule has 0 spiro atoms. The second-order valence-electron chi connectivity index (χ2n) is 4.01. The van der Waals surface area contributed by atoms with Crippen molar-refractivity contribution in [2.75, 3.05) is 26.3 Å². The quantitative estimate of drug-likeness (QED) is 0.701. The number of aliphatic hydroxyl groups excluding tert-OH is 1. The van der Waals surface area contributed by atoms with Gasteiger partial charge in [0, 0.05) is 13.2 Å². The maximum Gasteiger partial charge on any atom is 0.339 e. The summed E-state index contributed by atoms with van der Waals surface area (Å²) in [5, 5.41) is 9.58. The highest BCUT2D eigenvalue weighted by Gasteiger charge is 2.36. The summed E-state index contributed by atoms with van der Waals surface area (Å²) in [5.41, 5.74) is 0.0381. The van der Waals surface area contributed by atoms with Crippen LogP contribution in [0.4, 0.5) is 0 Å². The fourth-order valence-electron chi connectivity index (χ4n) is 1.82. The van der Waals surface area contributed by atoms with Gasteiger partial charge in [-0.2, -0.15) is 0 Å². The van der Waals surface area contributed by atoms with Crippen LogP contribution in [-0.4, -0.2) is 54.3 Å². The molecule has 2 aliphatic heterocycles. The molecule has 1 N–H and O–H groups in total. The van der Waals surface area contributed by atoms with Crippen molar-refractivity contribution in [3.8, 4) is 0 Å². The van der Waals surface area contributed by atoms with E-state index in [1.165, 1.54) is 4.90 Å². The van der Waals surface area contributed by atoms with Crippen LogP contribution in [0, 0.1) is 0 Å². The molecule has 0 aromatic heterocycles. The largest absolute Gasteiger partial charge is 0.503 e. The first kappa shape index (κ1) is 11.9. The number of hydrogen-bond donors (Lipinski definition) is 1. The van der Waals surface area contributed by atoms with Crippen molar-refractivity contribution < 1.29 is 24.2 Å². The fourth-order valence-corrected chi connectivity index (χ4v) is 1.82. The lowest BCUT2D eigenvalue weighted by Gasteiger charge is -2.30. The Balaban J connectivity index is 1.99. The molecule has 2 rings (SSSR count). The second-order valence-corrected chi connectivity index (χ2v) is 4.01. The number of hydrogen-bond acceptors (Lipinski definition) is 5. The molecule has 6 nitrogen and oxygen atoms in total. The van der Waals surface area contributed by atoms with E-state index in [1.807, 2.05) is 0 Å². The van der Waals surface area contributed by atoms with E-state index in [0.717, 1.165) is 6.42 Å². The van der Waals surface area contributed by atoms with Crippen molar-refractivity contribution in [2.45, 2.75) is 19.4 Å². The third-order valence-electron chi connectivity index (χ3n) is 2.86. The molecule has 1 unspecified atom stereocenters. The van der Waals surface area contributed by atoms with Gasteiger partial charge < -0.3 is 19.5 Å². The first-order valence-corrected chi connectivity index (χ1v) is 5.63. The second kappa shape index (κ2) is 4.75. The SMILES string of the molecule is CCOC(=O)C1=C(O)C(=O)N(CC2CCO2)C1. The molecule has 0 aromatic rings. The van der Waals surface area contributed by atoms with Crippen molar-refractivity contribution >= 4 is 11.9 Å². The number of aliphatic hydroxyl groups is 1. The summed E-state index contributed by atoms with van der Waals surface area (Å²) < 4.78 is 9.98. The molecule has 94 valence electrons. The van der Waals surface area contributed by atoms with Crippen molar-refractivity contribution in [3.63, 3.8) is 0 Å². The Kier molecular flexibility index (Phi) is 3.33. The highest BCUT2D eigenvalue weighted by Crippen LogP contribution is 2.21. The third kappa shape index (κ3) is 2.26. The molecule has 6 heteroatoms. The summed E-state index contributed by atoms with van der Waals surface area (Å²) in [5.74, 6) is -1.65. The van der Waals surface area contributed by atoms with Gasteiger partial charge in [-0.25, -0.2) is 4.79 Å². The van der Waals surface area contributed by atoms with Crippen LogP contribution < -0.4 is 0 Å². The number of amides is 1. The van der Waals surface area contributed by atoms with E-state index in [2.05, 4.69) is 0 Å². The van der Waals surface area contributed by atoms with Crippen LogP contribution in [0.1, 0.15) is 13.3 Å². The molecule has 1 atom stereocenters. The molecule has 17 heavy (non-hydrogen) atoms. The van der Waals surface area contributed by atoms with E-state index in [-0.39, 0.29) is 24.8 Å². The molecule has 0 saturated carbocycles. The highest BCUT2D eigenvalue weighted by molar-refractivity contribution is 6.05.